The van der Waals surface area contributed by atoms with Gasteiger partial charge < -0.3 is 10.8 Å². The van der Waals surface area contributed by atoms with Crippen LogP contribution in [0.2, 0.25) is 0 Å². The first kappa shape index (κ1) is 22.6. The molecule has 2 aliphatic rings. The topological polar surface area (TPSA) is 52.7 Å². The van der Waals surface area contributed by atoms with Gasteiger partial charge >= 0.3 is 1.43 Å². The lowest BCUT2D eigenvalue weighted by molar-refractivity contribution is 0.111. The minimum absolute atomic E-state index is 0. The largest absolute Gasteiger partial charge is 1.00 e. The van der Waals surface area contributed by atoms with Gasteiger partial charge in [0.15, 0.2) is 0 Å². The molecule has 3 aromatic heterocycles. The summed E-state index contributed by atoms with van der Waals surface area (Å²) in [7, 11) is 1.00. The van der Waals surface area contributed by atoms with Crippen molar-refractivity contribution in [1.29, 1.82) is 0 Å². The van der Waals surface area contributed by atoms with E-state index in [2.05, 4.69) is 50.2 Å². The van der Waals surface area contributed by atoms with Crippen molar-refractivity contribution in [2.24, 2.45) is 5.73 Å². The van der Waals surface area contributed by atoms with E-state index in [0.717, 1.165) is 39.8 Å². The molecule has 7 heteroatoms. The first-order valence-electron chi connectivity index (χ1n) is 10.0. The standard InChI is InChI=1S/C15H18N2S2.C6H9NS.CH4O/c1-5-16(9-12-3-7-18-14(1)12)11-17-6-2-15-13(10-17)4-8-19-15;7-4-3-6-2-1-5-8-6;1-2/h3-4,7-8H,1-2,5-6,9-11H2;1-2,5H,3-4,7H2;2H,1H3/p+1. The summed E-state index contributed by atoms with van der Waals surface area (Å²) in [5.74, 6) is 0. The second-order valence-electron chi connectivity index (χ2n) is 7.10. The van der Waals surface area contributed by atoms with E-state index in [-0.39, 0.29) is 1.43 Å². The van der Waals surface area contributed by atoms with Crippen LogP contribution in [-0.4, -0.2) is 48.3 Å². The lowest BCUT2D eigenvalue weighted by Crippen LogP contribution is -2.42. The Labute approximate surface area is 187 Å². The van der Waals surface area contributed by atoms with Gasteiger partial charge in [0, 0.05) is 47.9 Å². The summed E-state index contributed by atoms with van der Waals surface area (Å²) in [6, 6.07) is 8.77. The molecule has 0 unspecified atom stereocenters. The van der Waals surface area contributed by atoms with E-state index in [1.807, 2.05) is 22.7 Å². The zero-order valence-corrected chi connectivity index (χ0v) is 19.5. The lowest BCUT2D eigenvalue weighted by Gasteiger charge is -2.34. The number of aliphatic hydroxyl groups is 1. The molecule has 3 N–H and O–H groups in total. The van der Waals surface area contributed by atoms with E-state index in [4.69, 9.17) is 10.8 Å². The van der Waals surface area contributed by atoms with Gasteiger partial charge in [-0.3, -0.25) is 9.80 Å². The number of aliphatic hydroxyl groups excluding tert-OH is 1. The Kier molecular flexibility index (Phi) is 9.33. The maximum atomic E-state index is 7.00. The summed E-state index contributed by atoms with van der Waals surface area (Å²) in [4.78, 5) is 9.80. The van der Waals surface area contributed by atoms with E-state index in [1.165, 1.54) is 30.8 Å². The molecule has 2 aliphatic heterocycles. The first-order valence-corrected chi connectivity index (χ1v) is 12.7. The van der Waals surface area contributed by atoms with E-state index in [9.17, 15) is 0 Å². The second-order valence-corrected chi connectivity index (χ2v) is 10.1. The minimum Gasteiger partial charge on any atom is -0.400 e. The molecule has 0 atom stereocenters. The fourth-order valence-electron chi connectivity index (χ4n) is 3.74. The average Bonchev–Trinajstić information content (AvgIpc) is 3.51. The Balaban J connectivity index is 0.000000248. The summed E-state index contributed by atoms with van der Waals surface area (Å²) < 4.78 is 0. The van der Waals surface area contributed by atoms with Gasteiger partial charge in [-0.2, -0.15) is 0 Å². The number of hydrogen-bond acceptors (Lipinski definition) is 7. The summed E-state index contributed by atoms with van der Waals surface area (Å²) >= 11 is 5.62. The molecule has 0 amide bonds. The van der Waals surface area contributed by atoms with Gasteiger partial charge in [0.05, 0.1) is 6.67 Å². The molecule has 0 saturated heterocycles. The summed E-state index contributed by atoms with van der Waals surface area (Å²) in [5.41, 5.74) is 8.45. The highest BCUT2D eigenvalue weighted by Gasteiger charge is 2.22. The lowest BCUT2D eigenvalue weighted by atomic mass is 10.1. The Morgan fingerprint density at radius 3 is 1.97 bits per heavy atom. The zero-order chi connectivity index (χ0) is 20.5. The summed E-state index contributed by atoms with van der Waals surface area (Å²) in [6.07, 6.45) is 3.51. The Bertz CT molecular complexity index is 784. The molecule has 158 valence electrons. The van der Waals surface area contributed by atoms with Crippen LogP contribution in [0.3, 0.4) is 0 Å². The van der Waals surface area contributed by atoms with Crippen molar-refractivity contribution in [2.45, 2.75) is 32.4 Å². The Morgan fingerprint density at radius 1 is 0.897 bits per heavy atom. The van der Waals surface area contributed by atoms with Gasteiger partial charge in [0.2, 0.25) is 0 Å². The zero-order valence-electron chi connectivity index (χ0n) is 18.0. The van der Waals surface area contributed by atoms with Gasteiger partial charge in [-0.25, -0.2) is 0 Å². The van der Waals surface area contributed by atoms with Crippen molar-refractivity contribution in [1.82, 2.24) is 9.80 Å². The van der Waals surface area contributed by atoms with Crippen LogP contribution in [0.1, 0.15) is 27.2 Å². The quantitative estimate of drug-likeness (QED) is 0.627. The molecule has 0 aromatic carbocycles. The van der Waals surface area contributed by atoms with Gasteiger partial charge in [0.25, 0.3) is 0 Å². The summed E-state index contributed by atoms with van der Waals surface area (Å²) in [6.45, 7) is 6.63. The SMILES string of the molecule is CO.NCCc1cccs1.[H+].c1cc2c(s1)CCN(CN1CCc3sccc3C1)C2. The molecule has 29 heavy (non-hydrogen) atoms. The van der Waals surface area contributed by atoms with Crippen molar-refractivity contribution < 1.29 is 6.53 Å². The highest BCUT2D eigenvalue weighted by Crippen LogP contribution is 2.27. The Morgan fingerprint density at radius 2 is 1.48 bits per heavy atom. The monoisotopic (exact) mass is 450 g/mol. The number of rotatable bonds is 4. The predicted molar refractivity (Wildman–Crippen MR) is 128 cm³/mol. The highest BCUT2D eigenvalue weighted by atomic mass is 32.1. The van der Waals surface area contributed by atoms with Crippen molar-refractivity contribution in [3.8, 4) is 0 Å². The molecule has 0 fully saturated rings. The molecule has 0 radical (unpaired) electrons. The number of fused-ring (bicyclic) bond motifs is 2. The van der Waals surface area contributed by atoms with E-state index in [0.29, 0.717) is 0 Å². The highest BCUT2D eigenvalue weighted by molar-refractivity contribution is 7.10. The number of nitrogens with two attached hydrogens (primary N) is 1. The van der Waals surface area contributed by atoms with Crippen molar-refractivity contribution in [3.63, 3.8) is 0 Å². The molecule has 0 spiro atoms. The maximum Gasteiger partial charge on any atom is 1.00 e. The molecule has 0 saturated carbocycles. The Hall–Kier alpha value is -1.06. The number of thiophene rings is 3. The van der Waals surface area contributed by atoms with Gasteiger partial charge in [-0.15, -0.1) is 34.0 Å². The normalized spacial score (nSPS) is 16.1. The number of nitrogens with zero attached hydrogens (tertiary/aromatic N) is 2. The van der Waals surface area contributed by atoms with Crippen LogP contribution < -0.4 is 5.73 Å². The molecular weight excluding hydrogens is 418 g/mol. The van der Waals surface area contributed by atoms with Crippen LogP contribution in [0.5, 0.6) is 0 Å². The van der Waals surface area contributed by atoms with E-state index < -0.39 is 0 Å². The number of hydrogen-bond donors (Lipinski definition) is 2. The second kappa shape index (κ2) is 12.0. The average molecular weight is 451 g/mol. The van der Waals surface area contributed by atoms with Crippen LogP contribution in [0.4, 0.5) is 0 Å². The van der Waals surface area contributed by atoms with Crippen LogP contribution in [-0.2, 0) is 32.4 Å². The summed E-state index contributed by atoms with van der Waals surface area (Å²) in [5, 5.41) is 13.6. The van der Waals surface area contributed by atoms with Crippen LogP contribution in [0.25, 0.3) is 0 Å². The molecule has 0 aliphatic carbocycles. The van der Waals surface area contributed by atoms with E-state index >= 15 is 0 Å². The molecule has 0 bridgehead atoms. The molecule has 3 aromatic rings. The van der Waals surface area contributed by atoms with Crippen LogP contribution >= 0.6 is 34.0 Å². The van der Waals surface area contributed by atoms with Crippen LogP contribution in [0, 0.1) is 0 Å². The third-order valence-electron chi connectivity index (χ3n) is 5.14. The van der Waals surface area contributed by atoms with Crippen molar-refractivity contribution >= 4 is 34.0 Å². The van der Waals surface area contributed by atoms with Gasteiger partial charge in [0.1, 0.15) is 0 Å². The molecule has 5 rings (SSSR count). The third-order valence-corrected chi connectivity index (χ3v) is 8.13. The van der Waals surface area contributed by atoms with Crippen molar-refractivity contribution in [2.75, 3.05) is 33.4 Å². The fourth-order valence-corrected chi connectivity index (χ4v) is 6.24. The molecule has 4 nitrogen and oxygen atoms in total. The van der Waals surface area contributed by atoms with E-state index in [1.54, 1.807) is 32.2 Å². The maximum absolute atomic E-state index is 7.00. The van der Waals surface area contributed by atoms with Gasteiger partial charge in [-0.05, 0) is 71.3 Å². The fraction of sp³-hybridized carbons (Fsp3) is 0.455. The molecule has 5 heterocycles. The third kappa shape index (κ3) is 6.46. The predicted octanol–water partition coefficient (Wildman–Crippen LogP) is 4.15. The smallest absolute Gasteiger partial charge is 0.400 e. The minimum atomic E-state index is 0. The first-order chi connectivity index (χ1) is 14.3. The van der Waals surface area contributed by atoms with Crippen molar-refractivity contribution in [3.05, 3.63) is 66.2 Å². The van der Waals surface area contributed by atoms with Gasteiger partial charge in [-0.1, -0.05) is 6.07 Å². The molecular formula is C22H32N3OS3+. The van der Waals surface area contributed by atoms with Crippen LogP contribution in [0.15, 0.2) is 40.4 Å².